The fraction of sp³-hybridized carbons (Fsp3) is 0.316. The van der Waals surface area contributed by atoms with Crippen LogP contribution in [-0.2, 0) is 0 Å². The summed E-state index contributed by atoms with van der Waals surface area (Å²) >= 11 is 0. The number of hydrogen-bond donors (Lipinski definition) is 2. The van der Waals surface area contributed by atoms with E-state index in [0.29, 0.717) is 47.1 Å². The van der Waals surface area contributed by atoms with Crippen LogP contribution in [0.1, 0.15) is 35.0 Å². The van der Waals surface area contributed by atoms with Crippen LogP contribution in [0.5, 0.6) is 5.75 Å². The average Bonchev–Trinajstić information content (AvgIpc) is 2.61. The molecule has 0 aliphatic rings. The van der Waals surface area contributed by atoms with Gasteiger partial charge in [0.25, 0.3) is 11.5 Å². The third-order valence-corrected chi connectivity index (χ3v) is 3.76. The molecule has 132 valence electrons. The maximum Gasteiger partial charge on any atom is 0.254 e. The molecule has 6 nitrogen and oxygen atoms in total. The van der Waals surface area contributed by atoms with Gasteiger partial charge in [-0.3, -0.25) is 9.59 Å². The van der Waals surface area contributed by atoms with E-state index < -0.39 is 0 Å². The van der Waals surface area contributed by atoms with Gasteiger partial charge in [-0.25, -0.2) is 4.98 Å². The van der Waals surface area contributed by atoms with Gasteiger partial charge in [0.05, 0.1) is 12.2 Å². The second kappa shape index (κ2) is 8.28. The molecule has 0 unspecified atom stereocenters. The summed E-state index contributed by atoms with van der Waals surface area (Å²) in [6.07, 6.45) is 2.46. The summed E-state index contributed by atoms with van der Waals surface area (Å²) in [5, 5.41) is 2.73. The van der Waals surface area contributed by atoms with E-state index in [2.05, 4.69) is 21.9 Å². The number of aromatic nitrogens is 2. The fourth-order valence-corrected chi connectivity index (χ4v) is 2.23. The third-order valence-electron chi connectivity index (χ3n) is 3.76. The highest BCUT2D eigenvalue weighted by Gasteiger charge is 2.15. The van der Waals surface area contributed by atoms with Crippen LogP contribution in [0.4, 0.5) is 0 Å². The van der Waals surface area contributed by atoms with Gasteiger partial charge in [-0.15, -0.1) is 6.58 Å². The molecule has 0 fully saturated rings. The molecule has 0 radical (unpaired) electrons. The minimum Gasteiger partial charge on any atom is -0.493 e. The molecule has 0 saturated carbocycles. The average molecular weight is 341 g/mol. The molecule has 0 aliphatic carbocycles. The smallest absolute Gasteiger partial charge is 0.254 e. The first-order chi connectivity index (χ1) is 12.0. The van der Waals surface area contributed by atoms with Gasteiger partial charge in [0.2, 0.25) is 0 Å². The molecule has 1 aromatic carbocycles. The number of ether oxygens (including phenoxy) is 1. The molecule has 1 aromatic heterocycles. The fourth-order valence-electron chi connectivity index (χ4n) is 2.23. The summed E-state index contributed by atoms with van der Waals surface area (Å²) in [5.41, 5.74) is 2.05. The number of nitrogens with zero attached hydrogens (tertiary/aromatic N) is 1. The van der Waals surface area contributed by atoms with E-state index in [4.69, 9.17) is 4.74 Å². The van der Waals surface area contributed by atoms with Crippen LogP contribution in [-0.4, -0.2) is 29.0 Å². The zero-order valence-electron chi connectivity index (χ0n) is 14.8. The van der Waals surface area contributed by atoms with Crippen LogP contribution >= 0.6 is 0 Å². The van der Waals surface area contributed by atoms with Gasteiger partial charge in [0, 0.05) is 23.4 Å². The maximum absolute atomic E-state index is 12.2. The second-order valence-electron chi connectivity index (χ2n) is 5.68. The highest BCUT2D eigenvalue weighted by atomic mass is 16.5. The molecule has 2 rings (SSSR count). The monoisotopic (exact) mass is 341 g/mol. The predicted octanol–water partition coefficient (Wildman–Crippen LogP) is 2.76. The molecule has 2 aromatic rings. The Morgan fingerprint density at radius 1 is 1.40 bits per heavy atom. The van der Waals surface area contributed by atoms with Crippen molar-refractivity contribution in [1.82, 2.24) is 15.3 Å². The molecule has 1 amide bonds. The topological polar surface area (TPSA) is 84.1 Å². The van der Waals surface area contributed by atoms with E-state index in [9.17, 15) is 9.59 Å². The Labute approximate surface area is 147 Å². The SMILES string of the molecule is C=CCNC(=O)c1ccc(OCCC)c(-c2nc(C)c(C)c(=O)[nH]2)c1. The standard InChI is InChI=1S/C19H23N3O3/c1-5-9-20-19(24)14-7-8-16(25-10-6-2)15(11-14)17-21-13(4)12(3)18(23)22-17/h5,7-8,11H,1,6,9-10H2,2-4H3,(H,20,24)(H,21,22,23). The normalized spacial score (nSPS) is 10.4. The molecule has 6 heteroatoms. The predicted molar refractivity (Wildman–Crippen MR) is 98.1 cm³/mol. The molecule has 0 saturated heterocycles. The number of amides is 1. The minimum absolute atomic E-state index is 0.203. The van der Waals surface area contributed by atoms with E-state index >= 15 is 0 Å². The number of aryl methyl sites for hydroxylation is 1. The Bertz CT molecular complexity index is 840. The van der Waals surface area contributed by atoms with Crippen LogP contribution in [0, 0.1) is 13.8 Å². The van der Waals surface area contributed by atoms with E-state index in [0.717, 1.165) is 6.42 Å². The van der Waals surface area contributed by atoms with Crippen molar-refractivity contribution in [3.05, 3.63) is 58.0 Å². The second-order valence-corrected chi connectivity index (χ2v) is 5.68. The number of carbonyl (C=O) groups excluding carboxylic acids is 1. The first-order valence-electron chi connectivity index (χ1n) is 8.21. The molecular formula is C19H23N3O3. The summed E-state index contributed by atoms with van der Waals surface area (Å²) in [6.45, 7) is 10.00. The molecule has 0 aliphatic heterocycles. The number of carbonyl (C=O) groups is 1. The van der Waals surface area contributed by atoms with Gasteiger partial charge in [0.1, 0.15) is 11.6 Å². The number of benzene rings is 1. The zero-order valence-corrected chi connectivity index (χ0v) is 14.8. The van der Waals surface area contributed by atoms with E-state index in [1.165, 1.54) is 0 Å². The molecule has 0 spiro atoms. The number of rotatable bonds is 7. The van der Waals surface area contributed by atoms with Crippen LogP contribution in [0.25, 0.3) is 11.4 Å². The highest BCUT2D eigenvalue weighted by molar-refractivity contribution is 5.95. The first-order valence-corrected chi connectivity index (χ1v) is 8.21. The third kappa shape index (κ3) is 4.35. The molecular weight excluding hydrogens is 318 g/mol. The Kier molecular flexibility index (Phi) is 6.11. The number of H-pyrrole nitrogens is 1. The molecule has 2 N–H and O–H groups in total. The lowest BCUT2D eigenvalue weighted by molar-refractivity contribution is 0.0958. The Morgan fingerprint density at radius 3 is 2.80 bits per heavy atom. The Morgan fingerprint density at radius 2 is 2.16 bits per heavy atom. The van der Waals surface area contributed by atoms with Crippen molar-refractivity contribution in [3.8, 4) is 17.1 Å². The highest BCUT2D eigenvalue weighted by Crippen LogP contribution is 2.29. The van der Waals surface area contributed by atoms with Gasteiger partial charge in [-0.2, -0.15) is 0 Å². The van der Waals surface area contributed by atoms with Crippen LogP contribution in [0.3, 0.4) is 0 Å². The van der Waals surface area contributed by atoms with Gasteiger partial charge in [0.15, 0.2) is 0 Å². The Hall–Kier alpha value is -2.89. The summed E-state index contributed by atoms with van der Waals surface area (Å²) in [4.78, 5) is 31.5. The molecule has 0 atom stereocenters. The summed E-state index contributed by atoms with van der Waals surface area (Å²) in [7, 11) is 0. The van der Waals surface area contributed by atoms with Gasteiger partial charge < -0.3 is 15.0 Å². The summed E-state index contributed by atoms with van der Waals surface area (Å²) < 4.78 is 5.76. The lowest BCUT2D eigenvalue weighted by Gasteiger charge is -2.13. The van der Waals surface area contributed by atoms with Crippen molar-refractivity contribution in [1.29, 1.82) is 0 Å². The molecule has 25 heavy (non-hydrogen) atoms. The summed E-state index contributed by atoms with van der Waals surface area (Å²) in [6, 6.07) is 5.09. The molecule has 1 heterocycles. The van der Waals surface area contributed by atoms with Crippen molar-refractivity contribution < 1.29 is 9.53 Å². The van der Waals surface area contributed by atoms with E-state index in [1.54, 1.807) is 38.1 Å². The van der Waals surface area contributed by atoms with Crippen LogP contribution in [0.2, 0.25) is 0 Å². The van der Waals surface area contributed by atoms with Crippen molar-refractivity contribution in [2.45, 2.75) is 27.2 Å². The largest absolute Gasteiger partial charge is 0.493 e. The lowest BCUT2D eigenvalue weighted by atomic mass is 10.1. The lowest BCUT2D eigenvalue weighted by Crippen LogP contribution is -2.23. The van der Waals surface area contributed by atoms with Crippen molar-refractivity contribution in [2.75, 3.05) is 13.2 Å². The van der Waals surface area contributed by atoms with E-state index in [-0.39, 0.29) is 11.5 Å². The van der Waals surface area contributed by atoms with Crippen molar-refractivity contribution in [2.24, 2.45) is 0 Å². The van der Waals surface area contributed by atoms with Crippen LogP contribution < -0.4 is 15.6 Å². The number of nitrogens with one attached hydrogen (secondary N) is 2. The maximum atomic E-state index is 12.2. The Balaban J connectivity index is 2.53. The van der Waals surface area contributed by atoms with Crippen molar-refractivity contribution in [3.63, 3.8) is 0 Å². The van der Waals surface area contributed by atoms with Crippen LogP contribution in [0.15, 0.2) is 35.6 Å². The van der Waals surface area contributed by atoms with Gasteiger partial charge in [-0.1, -0.05) is 13.0 Å². The van der Waals surface area contributed by atoms with E-state index in [1.807, 2.05) is 6.92 Å². The zero-order chi connectivity index (χ0) is 18.4. The number of hydrogen-bond acceptors (Lipinski definition) is 4. The van der Waals surface area contributed by atoms with Crippen molar-refractivity contribution >= 4 is 5.91 Å². The van der Waals surface area contributed by atoms with Gasteiger partial charge >= 0.3 is 0 Å². The minimum atomic E-state index is -0.227. The quantitative estimate of drug-likeness (QED) is 0.759. The first kappa shape index (κ1) is 18.4. The number of aromatic amines is 1. The van der Waals surface area contributed by atoms with Gasteiger partial charge in [-0.05, 0) is 38.5 Å². The summed E-state index contributed by atoms with van der Waals surface area (Å²) in [5.74, 6) is 0.737. The molecule has 0 bridgehead atoms.